The van der Waals surface area contributed by atoms with Gasteiger partial charge < -0.3 is 10.2 Å². The van der Waals surface area contributed by atoms with Gasteiger partial charge in [-0.1, -0.05) is 174 Å². The zero-order valence-electron chi connectivity index (χ0n) is 23.8. The molecule has 0 aliphatic heterocycles. The lowest BCUT2D eigenvalue weighted by molar-refractivity contribution is 0.0681. The molecule has 0 aliphatic carbocycles. The van der Waals surface area contributed by atoms with E-state index in [1.165, 1.54) is 148 Å². The third-order valence-electron chi connectivity index (χ3n) is 7.58. The third-order valence-corrected chi connectivity index (χ3v) is 7.58. The van der Waals surface area contributed by atoms with E-state index in [0.717, 1.165) is 25.7 Å². The molecule has 0 radical (unpaired) electrons. The van der Waals surface area contributed by atoms with Crippen LogP contribution in [0, 0.1) is 0 Å². The Labute approximate surface area is 216 Å². The summed E-state index contributed by atoms with van der Waals surface area (Å²) in [4.78, 5) is 0. The van der Waals surface area contributed by atoms with Crippen molar-refractivity contribution >= 4 is 0 Å². The van der Waals surface area contributed by atoms with Crippen LogP contribution in [0.3, 0.4) is 0 Å². The molecular weight excluding hydrogens is 416 g/mol. The molecule has 0 amide bonds. The second kappa shape index (κ2) is 29.2. The number of hydrogen-bond acceptors (Lipinski definition) is 2. The van der Waals surface area contributed by atoms with Crippen molar-refractivity contribution in [2.24, 2.45) is 0 Å². The predicted octanol–water partition coefficient (Wildman–Crippen LogP) is 10.7. The quantitative estimate of drug-likeness (QED) is 0.104. The topological polar surface area (TPSA) is 40.5 Å². The number of hydrogen-bond donors (Lipinski definition) is 2. The lowest BCUT2D eigenvalue weighted by atomic mass is 10.00. The molecule has 34 heavy (non-hydrogen) atoms. The number of rotatable bonds is 29. The summed E-state index contributed by atoms with van der Waals surface area (Å²) in [6.07, 6.45) is 36.1. The molecule has 206 valence electrons. The van der Waals surface area contributed by atoms with Crippen LogP contribution in [0.15, 0.2) is 0 Å². The number of aliphatic hydroxyl groups is 2. The van der Waals surface area contributed by atoms with Gasteiger partial charge in [0.05, 0.1) is 12.2 Å². The van der Waals surface area contributed by atoms with E-state index in [0.29, 0.717) is 6.42 Å². The van der Waals surface area contributed by atoms with Crippen molar-refractivity contribution in [2.75, 3.05) is 0 Å². The van der Waals surface area contributed by atoms with Crippen LogP contribution in [0.5, 0.6) is 0 Å². The summed E-state index contributed by atoms with van der Waals surface area (Å²) < 4.78 is 0. The van der Waals surface area contributed by atoms with E-state index < -0.39 is 0 Å². The van der Waals surface area contributed by atoms with Gasteiger partial charge in [-0.05, 0) is 19.3 Å². The van der Waals surface area contributed by atoms with Gasteiger partial charge in [0.2, 0.25) is 0 Å². The summed E-state index contributed by atoms with van der Waals surface area (Å²) in [7, 11) is 0. The van der Waals surface area contributed by atoms with Gasteiger partial charge >= 0.3 is 0 Å². The number of aliphatic hydroxyl groups excluding tert-OH is 2. The molecule has 0 saturated heterocycles. The van der Waals surface area contributed by atoms with Crippen LogP contribution >= 0.6 is 0 Å². The second-order valence-electron chi connectivity index (χ2n) is 11.3. The normalized spacial score (nSPS) is 13.4. The molecule has 2 nitrogen and oxygen atoms in total. The minimum absolute atomic E-state index is 0.304. The molecule has 2 heteroatoms. The minimum Gasteiger partial charge on any atom is -0.393 e. The van der Waals surface area contributed by atoms with Gasteiger partial charge in [-0.15, -0.1) is 0 Å². The van der Waals surface area contributed by atoms with E-state index in [1.807, 2.05) is 0 Å². The van der Waals surface area contributed by atoms with Gasteiger partial charge in [-0.3, -0.25) is 0 Å². The highest BCUT2D eigenvalue weighted by molar-refractivity contribution is 4.64. The Morgan fingerprint density at radius 2 is 0.529 bits per heavy atom. The fraction of sp³-hybridized carbons (Fsp3) is 1.00. The lowest BCUT2D eigenvalue weighted by Gasteiger charge is -2.15. The molecule has 0 aliphatic rings. The maximum atomic E-state index is 10.1. The first-order valence-corrected chi connectivity index (χ1v) is 16.1. The van der Waals surface area contributed by atoms with Gasteiger partial charge in [-0.25, -0.2) is 0 Å². The molecule has 2 atom stereocenters. The van der Waals surface area contributed by atoms with Crippen LogP contribution in [0.1, 0.15) is 194 Å². The Kier molecular flexibility index (Phi) is 29.1. The van der Waals surface area contributed by atoms with Crippen LogP contribution in [-0.4, -0.2) is 22.4 Å². The first-order chi connectivity index (χ1) is 16.7. The molecule has 0 spiro atoms. The van der Waals surface area contributed by atoms with Crippen molar-refractivity contribution in [2.45, 2.75) is 206 Å². The Morgan fingerprint density at radius 1 is 0.324 bits per heavy atom. The summed E-state index contributed by atoms with van der Waals surface area (Å²) in [6.45, 7) is 4.48. The SMILES string of the molecule is CCCCCCCCCCCCCCCCCCCCCCCC[C@H](O)C[C@H](O)CCCCC. The van der Waals surface area contributed by atoms with Crippen molar-refractivity contribution in [1.29, 1.82) is 0 Å². The summed E-state index contributed by atoms with van der Waals surface area (Å²) in [5.41, 5.74) is 0. The highest BCUT2D eigenvalue weighted by Gasteiger charge is 2.11. The molecule has 0 unspecified atom stereocenters. The Hall–Kier alpha value is -0.0800. The van der Waals surface area contributed by atoms with Gasteiger partial charge in [0.1, 0.15) is 0 Å². The van der Waals surface area contributed by atoms with Crippen LogP contribution in [0.2, 0.25) is 0 Å². The summed E-state index contributed by atoms with van der Waals surface area (Å²) in [5, 5.41) is 20.0. The molecular formula is C32H66O2. The smallest absolute Gasteiger partial charge is 0.0564 e. The highest BCUT2D eigenvalue weighted by Crippen LogP contribution is 2.17. The fourth-order valence-electron chi connectivity index (χ4n) is 5.17. The largest absolute Gasteiger partial charge is 0.393 e. The zero-order chi connectivity index (χ0) is 25.0. The maximum absolute atomic E-state index is 10.1. The van der Waals surface area contributed by atoms with Crippen LogP contribution in [0.25, 0.3) is 0 Å². The highest BCUT2D eigenvalue weighted by atomic mass is 16.3. The first kappa shape index (κ1) is 33.9. The molecule has 0 saturated carbocycles. The van der Waals surface area contributed by atoms with Crippen molar-refractivity contribution in [3.63, 3.8) is 0 Å². The average molecular weight is 483 g/mol. The Balaban J connectivity index is 3.15. The average Bonchev–Trinajstić information content (AvgIpc) is 2.82. The van der Waals surface area contributed by atoms with Crippen LogP contribution < -0.4 is 0 Å². The second-order valence-corrected chi connectivity index (χ2v) is 11.3. The first-order valence-electron chi connectivity index (χ1n) is 16.1. The van der Waals surface area contributed by atoms with Crippen molar-refractivity contribution in [1.82, 2.24) is 0 Å². The van der Waals surface area contributed by atoms with E-state index >= 15 is 0 Å². The predicted molar refractivity (Wildman–Crippen MR) is 153 cm³/mol. The van der Waals surface area contributed by atoms with Gasteiger partial charge in [0.15, 0.2) is 0 Å². The summed E-state index contributed by atoms with van der Waals surface area (Å²) in [5.74, 6) is 0. The van der Waals surface area contributed by atoms with Crippen molar-refractivity contribution < 1.29 is 10.2 Å². The van der Waals surface area contributed by atoms with Gasteiger partial charge in [0.25, 0.3) is 0 Å². The van der Waals surface area contributed by atoms with E-state index in [4.69, 9.17) is 0 Å². The van der Waals surface area contributed by atoms with E-state index in [-0.39, 0.29) is 12.2 Å². The summed E-state index contributed by atoms with van der Waals surface area (Å²) >= 11 is 0. The van der Waals surface area contributed by atoms with Crippen molar-refractivity contribution in [3.8, 4) is 0 Å². The summed E-state index contributed by atoms with van der Waals surface area (Å²) in [6, 6.07) is 0. The molecule has 0 fully saturated rings. The minimum atomic E-state index is -0.304. The third kappa shape index (κ3) is 28.2. The van der Waals surface area contributed by atoms with Crippen molar-refractivity contribution in [3.05, 3.63) is 0 Å². The van der Waals surface area contributed by atoms with Gasteiger partial charge in [0, 0.05) is 0 Å². The van der Waals surface area contributed by atoms with Crippen LogP contribution in [-0.2, 0) is 0 Å². The van der Waals surface area contributed by atoms with E-state index in [2.05, 4.69) is 13.8 Å². The monoisotopic (exact) mass is 483 g/mol. The molecule has 0 aromatic rings. The molecule has 2 N–H and O–H groups in total. The van der Waals surface area contributed by atoms with E-state index in [9.17, 15) is 10.2 Å². The molecule has 0 rings (SSSR count). The molecule has 0 aromatic heterocycles. The standard InChI is InChI=1S/C32H66O2/c1-3-5-7-8-9-10-11-12-13-14-15-16-17-18-19-20-21-22-23-24-25-27-29-32(34)30-31(33)28-26-6-4-2/h31-34H,3-30H2,1-2H3/t31-,32+/m1/s1. The Morgan fingerprint density at radius 3 is 0.824 bits per heavy atom. The maximum Gasteiger partial charge on any atom is 0.0564 e. The van der Waals surface area contributed by atoms with E-state index in [1.54, 1.807) is 0 Å². The lowest BCUT2D eigenvalue weighted by Crippen LogP contribution is -2.17. The molecule has 0 bridgehead atoms. The van der Waals surface area contributed by atoms with Crippen LogP contribution in [0.4, 0.5) is 0 Å². The fourth-order valence-corrected chi connectivity index (χ4v) is 5.17. The molecule has 0 aromatic carbocycles. The molecule has 0 heterocycles. The van der Waals surface area contributed by atoms with Gasteiger partial charge in [-0.2, -0.15) is 0 Å². The number of unbranched alkanes of at least 4 members (excludes halogenated alkanes) is 23. The Bertz CT molecular complexity index is 357. The zero-order valence-corrected chi connectivity index (χ0v) is 23.8.